The molecule has 0 radical (unpaired) electrons. The first-order chi connectivity index (χ1) is 12.1. The second-order valence-corrected chi connectivity index (χ2v) is 7.19. The second-order valence-electron chi connectivity index (χ2n) is 4.94. The summed E-state index contributed by atoms with van der Waals surface area (Å²) in [7, 11) is 0. The van der Waals surface area contributed by atoms with Crippen molar-refractivity contribution >= 4 is 51.4 Å². The molecule has 0 unspecified atom stereocenters. The normalized spacial score (nSPS) is 11.0. The molecule has 0 aliphatic heterocycles. The van der Waals surface area contributed by atoms with Crippen LogP contribution in [0.1, 0.15) is 15.9 Å². The number of hydrogen-bond acceptors (Lipinski definition) is 7. The highest BCUT2D eigenvalue weighted by Crippen LogP contribution is 2.28. The second kappa shape index (κ2) is 7.91. The number of carboxylic acids is 1. The number of hydrazone groups is 1. The molecule has 0 saturated carbocycles. The first kappa shape index (κ1) is 17.1. The van der Waals surface area contributed by atoms with Gasteiger partial charge in [0, 0.05) is 0 Å². The zero-order chi connectivity index (χ0) is 17.6. The molecule has 3 aromatic rings. The van der Waals surface area contributed by atoms with Gasteiger partial charge in [0.05, 0.1) is 28.2 Å². The Labute approximate surface area is 151 Å². The Morgan fingerprint density at radius 3 is 2.68 bits per heavy atom. The lowest BCUT2D eigenvalue weighted by Gasteiger charge is -2.01. The maximum atomic E-state index is 11.8. The fraction of sp³-hybridized carbons (Fsp3) is 0.0588. The van der Waals surface area contributed by atoms with Gasteiger partial charge in [0.2, 0.25) is 0 Å². The van der Waals surface area contributed by atoms with E-state index in [2.05, 4.69) is 15.5 Å². The van der Waals surface area contributed by atoms with E-state index in [4.69, 9.17) is 0 Å². The fourth-order valence-corrected chi connectivity index (χ4v) is 3.82. The Hall–Kier alpha value is -2.71. The average Bonchev–Trinajstić information content (AvgIpc) is 3.03. The molecular formula is C17H12N3O3S2-. The van der Waals surface area contributed by atoms with Crippen molar-refractivity contribution in [1.29, 1.82) is 0 Å². The van der Waals surface area contributed by atoms with E-state index in [-0.39, 0.29) is 17.2 Å². The summed E-state index contributed by atoms with van der Waals surface area (Å²) >= 11 is 2.90. The molecule has 25 heavy (non-hydrogen) atoms. The predicted molar refractivity (Wildman–Crippen MR) is 96.9 cm³/mol. The smallest absolute Gasteiger partial charge is 0.250 e. The Morgan fingerprint density at radius 1 is 1.20 bits per heavy atom. The highest BCUT2D eigenvalue weighted by atomic mass is 32.2. The minimum Gasteiger partial charge on any atom is -0.545 e. The number of aromatic nitrogens is 1. The Balaban J connectivity index is 1.49. The third-order valence-corrected chi connectivity index (χ3v) is 5.33. The van der Waals surface area contributed by atoms with Crippen molar-refractivity contribution < 1.29 is 14.7 Å². The third kappa shape index (κ3) is 4.65. The summed E-state index contributed by atoms with van der Waals surface area (Å²) in [5.41, 5.74) is 4.12. The quantitative estimate of drug-likeness (QED) is 0.406. The van der Waals surface area contributed by atoms with Gasteiger partial charge in [0.1, 0.15) is 0 Å². The van der Waals surface area contributed by atoms with Gasteiger partial charge in [-0.2, -0.15) is 5.10 Å². The molecule has 0 atom stereocenters. The SMILES string of the molecule is O=C(CSc1nc2ccccc2s1)NN=Cc1ccc(C(=O)[O-])cc1. The van der Waals surface area contributed by atoms with Crippen LogP contribution in [0.2, 0.25) is 0 Å². The molecule has 0 bridgehead atoms. The summed E-state index contributed by atoms with van der Waals surface area (Å²) in [4.78, 5) is 26.9. The molecule has 1 amide bonds. The zero-order valence-electron chi connectivity index (χ0n) is 12.8. The van der Waals surface area contributed by atoms with E-state index < -0.39 is 5.97 Å². The standard InChI is InChI=1S/C17H13N3O3S2/c21-15(10-24-17-19-13-3-1-2-4-14(13)25-17)20-18-9-11-5-7-12(8-6-11)16(22)23/h1-9H,10H2,(H,20,21)(H,22,23)/p-1. The zero-order valence-corrected chi connectivity index (χ0v) is 14.5. The number of carbonyl (C=O) groups excluding carboxylic acids is 2. The molecule has 0 aliphatic rings. The van der Waals surface area contributed by atoms with Crippen LogP contribution in [-0.2, 0) is 4.79 Å². The van der Waals surface area contributed by atoms with E-state index in [9.17, 15) is 14.7 Å². The van der Waals surface area contributed by atoms with Crippen LogP contribution in [-0.4, -0.2) is 28.8 Å². The van der Waals surface area contributed by atoms with Gasteiger partial charge in [0.15, 0.2) is 4.34 Å². The molecule has 0 fully saturated rings. The van der Waals surface area contributed by atoms with Crippen LogP contribution in [0.4, 0.5) is 0 Å². The Morgan fingerprint density at radius 2 is 1.96 bits per heavy atom. The van der Waals surface area contributed by atoms with Gasteiger partial charge >= 0.3 is 0 Å². The molecular weight excluding hydrogens is 358 g/mol. The third-order valence-electron chi connectivity index (χ3n) is 3.15. The summed E-state index contributed by atoms with van der Waals surface area (Å²) in [6, 6.07) is 13.8. The molecule has 126 valence electrons. The number of para-hydroxylation sites is 1. The maximum Gasteiger partial charge on any atom is 0.250 e. The van der Waals surface area contributed by atoms with E-state index in [1.165, 1.54) is 30.1 Å². The highest BCUT2D eigenvalue weighted by Gasteiger charge is 2.06. The van der Waals surface area contributed by atoms with Crippen LogP contribution in [0.3, 0.4) is 0 Å². The minimum atomic E-state index is -1.23. The van der Waals surface area contributed by atoms with E-state index in [0.717, 1.165) is 14.6 Å². The van der Waals surface area contributed by atoms with Gasteiger partial charge in [-0.3, -0.25) is 4.79 Å². The number of rotatable bonds is 6. The fourth-order valence-electron chi connectivity index (χ4n) is 1.96. The summed E-state index contributed by atoms with van der Waals surface area (Å²) in [6.07, 6.45) is 1.44. The van der Waals surface area contributed by atoms with Crippen molar-refractivity contribution in [3.63, 3.8) is 0 Å². The van der Waals surface area contributed by atoms with Gasteiger partial charge in [-0.25, -0.2) is 10.4 Å². The highest BCUT2D eigenvalue weighted by molar-refractivity contribution is 8.01. The summed E-state index contributed by atoms with van der Waals surface area (Å²) in [6.45, 7) is 0. The molecule has 1 heterocycles. The van der Waals surface area contributed by atoms with Gasteiger partial charge < -0.3 is 9.90 Å². The number of nitrogens with zero attached hydrogens (tertiary/aromatic N) is 2. The van der Waals surface area contributed by atoms with E-state index >= 15 is 0 Å². The molecule has 0 spiro atoms. The van der Waals surface area contributed by atoms with Crippen LogP contribution in [0.25, 0.3) is 10.2 Å². The van der Waals surface area contributed by atoms with Crippen LogP contribution in [0, 0.1) is 0 Å². The number of carbonyl (C=O) groups is 2. The van der Waals surface area contributed by atoms with Crippen LogP contribution in [0.15, 0.2) is 58.0 Å². The van der Waals surface area contributed by atoms with Gasteiger partial charge in [-0.1, -0.05) is 48.2 Å². The van der Waals surface area contributed by atoms with Crippen LogP contribution >= 0.6 is 23.1 Å². The lowest BCUT2D eigenvalue weighted by atomic mass is 10.1. The Bertz CT molecular complexity index is 903. The van der Waals surface area contributed by atoms with Crippen molar-refractivity contribution in [3.8, 4) is 0 Å². The molecule has 2 aromatic carbocycles. The first-order valence-electron chi connectivity index (χ1n) is 7.23. The molecule has 0 saturated heterocycles. The number of thiazole rings is 1. The molecule has 8 heteroatoms. The van der Waals surface area contributed by atoms with Crippen molar-refractivity contribution in [2.75, 3.05) is 5.75 Å². The summed E-state index contributed by atoms with van der Waals surface area (Å²) < 4.78 is 1.92. The topological polar surface area (TPSA) is 94.5 Å². The predicted octanol–water partition coefficient (Wildman–Crippen LogP) is 1.90. The molecule has 0 aliphatic carbocycles. The van der Waals surface area contributed by atoms with Crippen LogP contribution < -0.4 is 10.5 Å². The number of nitrogens with one attached hydrogen (secondary N) is 1. The lowest BCUT2D eigenvalue weighted by Crippen LogP contribution is -2.22. The monoisotopic (exact) mass is 370 g/mol. The largest absolute Gasteiger partial charge is 0.545 e. The van der Waals surface area contributed by atoms with Crippen molar-refractivity contribution in [2.45, 2.75) is 4.34 Å². The van der Waals surface area contributed by atoms with Crippen molar-refractivity contribution in [3.05, 3.63) is 59.7 Å². The number of aromatic carboxylic acids is 1. The first-order valence-corrected chi connectivity index (χ1v) is 9.04. The molecule has 1 aromatic heterocycles. The van der Waals surface area contributed by atoms with E-state index in [1.54, 1.807) is 23.5 Å². The van der Waals surface area contributed by atoms with Gasteiger partial charge in [-0.15, -0.1) is 11.3 Å². The number of benzene rings is 2. The number of thioether (sulfide) groups is 1. The van der Waals surface area contributed by atoms with Crippen molar-refractivity contribution in [2.24, 2.45) is 5.10 Å². The van der Waals surface area contributed by atoms with Gasteiger partial charge in [-0.05, 0) is 23.3 Å². The number of amides is 1. The van der Waals surface area contributed by atoms with E-state index in [0.29, 0.717) is 5.56 Å². The Kier molecular flexibility index (Phi) is 5.42. The summed E-state index contributed by atoms with van der Waals surface area (Å²) in [5.74, 6) is -1.27. The van der Waals surface area contributed by atoms with Gasteiger partial charge in [0.25, 0.3) is 5.91 Å². The number of hydrogen-bond donors (Lipinski definition) is 1. The molecule has 6 nitrogen and oxygen atoms in total. The lowest BCUT2D eigenvalue weighted by molar-refractivity contribution is -0.255. The average molecular weight is 370 g/mol. The minimum absolute atomic E-state index is 0.0911. The maximum absolute atomic E-state index is 11.8. The van der Waals surface area contributed by atoms with Crippen molar-refractivity contribution in [1.82, 2.24) is 10.4 Å². The van der Waals surface area contributed by atoms with E-state index in [1.807, 2.05) is 24.3 Å². The molecule has 1 N–H and O–H groups in total. The van der Waals surface area contributed by atoms with Crippen LogP contribution in [0.5, 0.6) is 0 Å². The number of carboxylic acid groups (broad SMARTS) is 1. The molecule has 3 rings (SSSR count). The summed E-state index contributed by atoms with van der Waals surface area (Å²) in [5, 5.41) is 14.5. The number of fused-ring (bicyclic) bond motifs is 1.